The summed E-state index contributed by atoms with van der Waals surface area (Å²) in [4.78, 5) is 8.19. The molecular weight excluding hydrogens is 188 g/mol. The lowest BCUT2D eigenvalue weighted by molar-refractivity contribution is 0.807. The molecule has 0 saturated carbocycles. The van der Waals surface area contributed by atoms with Crippen LogP contribution < -0.4 is 0 Å². The molecule has 4 heteroatoms. The van der Waals surface area contributed by atoms with Crippen LogP contribution in [0.25, 0.3) is 5.69 Å². The summed E-state index contributed by atoms with van der Waals surface area (Å²) >= 11 is 0. The van der Waals surface area contributed by atoms with Gasteiger partial charge in [0.1, 0.15) is 12.7 Å². The highest BCUT2D eigenvalue weighted by Crippen LogP contribution is 2.14. The minimum Gasteiger partial charge on any atom is -0.261 e. The molecule has 0 unspecified atom stereocenters. The lowest BCUT2D eigenvalue weighted by Crippen LogP contribution is -1.98. The Kier molecular flexibility index (Phi) is 3.55. The minimum absolute atomic E-state index is 0. The van der Waals surface area contributed by atoms with E-state index in [1.807, 2.05) is 12.1 Å². The van der Waals surface area contributed by atoms with E-state index in [2.05, 4.69) is 28.9 Å². The first-order valence-electron chi connectivity index (χ1n) is 4.58. The summed E-state index contributed by atoms with van der Waals surface area (Å²) in [7, 11) is 0. The molecule has 0 N–H and O–H groups in total. The van der Waals surface area contributed by atoms with Crippen LogP contribution in [0.3, 0.4) is 0 Å². The standard InChI is InChI=1S/C10H12N4.CH4/c1-8(2)10-5-9(3-4-12-10)14-7-11-6-13-14;/h3-8H,1-2H3;1H4. The maximum absolute atomic E-state index is 4.29. The monoisotopic (exact) mass is 204 g/mol. The Balaban J connectivity index is 0.00000112. The summed E-state index contributed by atoms with van der Waals surface area (Å²) in [5.74, 6) is 0.429. The molecule has 15 heavy (non-hydrogen) atoms. The zero-order chi connectivity index (χ0) is 9.97. The van der Waals surface area contributed by atoms with Gasteiger partial charge in [0.05, 0.1) is 5.69 Å². The van der Waals surface area contributed by atoms with Crippen LogP contribution in [-0.4, -0.2) is 19.7 Å². The van der Waals surface area contributed by atoms with Crippen LogP contribution in [0.15, 0.2) is 31.0 Å². The summed E-state index contributed by atoms with van der Waals surface area (Å²) in [6, 6.07) is 3.94. The fraction of sp³-hybridized carbons (Fsp3) is 0.364. The lowest BCUT2D eigenvalue weighted by Gasteiger charge is -2.06. The first-order valence-corrected chi connectivity index (χ1v) is 4.58. The van der Waals surface area contributed by atoms with Crippen molar-refractivity contribution in [3.63, 3.8) is 0 Å². The van der Waals surface area contributed by atoms with E-state index in [4.69, 9.17) is 0 Å². The number of hydrogen-bond donors (Lipinski definition) is 0. The smallest absolute Gasteiger partial charge is 0.138 e. The topological polar surface area (TPSA) is 43.6 Å². The average Bonchev–Trinajstić information content (AvgIpc) is 2.71. The van der Waals surface area contributed by atoms with Gasteiger partial charge in [-0.15, -0.1) is 0 Å². The van der Waals surface area contributed by atoms with Crippen molar-refractivity contribution in [1.82, 2.24) is 19.7 Å². The molecule has 4 nitrogen and oxygen atoms in total. The largest absolute Gasteiger partial charge is 0.261 e. The molecule has 0 aliphatic carbocycles. The van der Waals surface area contributed by atoms with Crippen molar-refractivity contribution in [2.45, 2.75) is 27.2 Å². The SMILES string of the molecule is C.CC(C)c1cc(-n2cncn2)ccn1. The first kappa shape index (κ1) is 11.4. The summed E-state index contributed by atoms with van der Waals surface area (Å²) in [5, 5.41) is 4.06. The van der Waals surface area contributed by atoms with Gasteiger partial charge in [0, 0.05) is 11.9 Å². The second kappa shape index (κ2) is 4.68. The number of aromatic nitrogens is 4. The van der Waals surface area contributed by atoms with Crippen LogP contribution >= 0.6 is 0 Å². The average molecular weight is 204 g/mol. The maximum Gasteiger partial charge on any atom is 0.138 e. The van der Waals surface area contributed by atoms with E-state index in [-0.39, 0.29) is 7.43 Å². The summed E-state index contributed by atoms with van der Waals surface area (Å²) < 4.78 is 1.73. The Hall–Kier alpha value is -1.71. The molecular formula is C11H16N4. The quantitative estimate of drug-likeness (QED) is 0.754. The molecule has 2 rings (SSSR count). The van der Waals surface area contributed by atoms with Gasteiger partial charge >= 0.3 is 0 Å². The van der Waals surface area contributed by atoms with Crippen LogP contribution in [0.4, 0.5) is 0 Å². The Bertz CT molecular complexity index is 406. The Labute approximate surface area is 90.0 Å². The van der Waals surface area contributed by atoms with Crippen LogP contribution in [0.2, 0.25) is 0 Å². The van der Waals surface area contributed by atoms with Crippen LogP contribution in [-0.2, 0) is 0 Å². The zero-order valence-corrected chi connectivity index (χ0v) is 8.25. The molecule has 0 aromatic carbocycles. The van der Waals surface area contributed by atoms with Gasteiger partial charge in [-0.25, -0.2) is 9.67 Å². The van der Waals surface area contributed by atoms with Crippen molar-refractivity contribution < 1.29 is 0 Å². The zero-order valence-electron chi connectivity index (χ0n) is 8.25. The normalized spacial score (nSPS) is 10.1. The number of pyridine rings is 1. The van der Waals surface area contributed by atoms with Crippen molar-refractivity contribution >= 4 is 0 Å². The molecule has 2 aromatic rings. The summed E-state index contributed by atoms with van der Waals surface area (Å²) in [5.41, 5.74) is 2.07. The molecule has 0 fully saturated rings. The molecule has 0 aliphatic rings. The maximum atomic E-state index is 4.29. The Morgan fingerprint density at radius 2 is 2.13 bits per heavy atom. The van der Waals surface area contributed by atoms with Gasteiger partial charge < -0.3 is 0 Å². The molecule has 2 aromatic heterocycles. The molecule has 0 bridgehead atoms. The summed E-state index contributed by atoms with van der Waals surface area (Å²) in [6.45, 7) is 4.24. The highest BCUT2D eigenvalue weighted by atomic mass is 15.3. The predicted molar refractivity (Wildman–Crippen MR) is 60.0 cm³/mol. The third-order valence-electron chi connectivity index (χ3n) is 2.04. The lowest BCUT2D eigenvalue weighted by atomic mass is 10.1. The van der Waals surface area contributed by atoms with Crippen molar-refractivity contribution in [1.29, 1.82) is 0 Å². The van der Waals surface area contributed by atoms with Gasteiger partial charge in [-0.3, -0.25) is 4.98 Å². The van der Waals surface area contributed by atoms with E-state index in [0.29, 0.717) is 5.92 Å². The highest BCUT2D eigenvalue weighted by Gasteiger charge is 2.02. The Morgan fingerprint density at radius 1 is 1.33 bits per heavy atom. The molecule has 0 spiro atoms. The van der Waals surface area contributed by atoms with Gasteiger partial charge in [-0.05, 0) is 18.1 Å². The molecule has 0 radical (unpaired) electrons. The minimum atomic E-state index is 0. The van der Waals surface area contributed by atoms with Crippen LogP contribution in [0, 0.1) is 0 Å². The van der Waals surface area contributed by atoms with Crippen molar-refractivity contribution in [2.24, 2.45) is 0 Å². The van der Waals surface area contributed by atoms with Crippen LogP contribution in [0.1, 0.15) is 32.9 Å². The van der Waals surface area contributed by atoms with Gasteiger partial charge in [0.15, 0.2) is 0 Å². The summed E-state index contributed by atoms with van der Waals surface area (Å²) in [6.07, 6.45) is 5.00. The van der Waals surface area contributed by atoms with E-state index < -0.39 is 0 Å². The van der Waals surface area contributed by atoms with E-state index >= 15 is 0 Å². The number of nitrogens with zero attached hydrogens (tertiary/aromatic N) is 4. The highest BCUT2D eigenvalue weighted by molar-refractivity contribution is 5.31. The molecule has 0 atom stereocenters. The first-order chi connectivity index (χ1) is 6.77. The molecule has 0 saturated heterocycles. The van der Waals surface area contributed by atoms with Crippen molar-refractivity contribution in [3.8, 4) is 5.69 Å². The van der Waals surface area contributed by atoms with Gasteiger partial charge in [0.25, 0.3) is 0 Å². The Morgan fingerprint density at radius 3 is 2.73 bits per heavy atom. The van der Waals surface area contributed by atoms with Gasteiger partial charge in [-0.1, -0.05) is 21.3 Å². The van der Waals surface area contributed by atoms with Crippen LogP contribution in [0.5, 0.6) is 0 Å². The van der Waals surface area contributed by atoms with Crippen molar-refractivity contribution in [3.05, 3.63) is 36.7 Å². The fourth-order valence-corrected chi connectivity index (χ4v) is 1.24. The van der Waals surface area contributed by atoms with E-state index in [9.17, 15) is 0 Å². The molecule has 0 aliphatic heterocycles. The second-order valence-electron chi connectivity index (χ2n) is 3.43. The van der Waals surface area contributed by atoms with E-state index in [0.717, 1.165) is 11.4 Å². The molecule has 0 amide bonds. The van der Waals surface area contributed by atoms with E-state index in [1.54, 1.807) is 17.2 Å². The van der Waals surface area contributed by atoms with Gasteiger partial charge in [0.2, 0.25) is 0 Å². The number of hydrogen-bond acceptors (Lipinski definition) is 3. The fourth-order valence-electron chi connectivity index (χ4n) is 1.24. The van der Waals surface area contributed by atoms with Crippen molar-refractivity contribution in [2.75, 3.05) is 0 Å². The second-order valence-corrected chi connectivity index (χ2v) is 3.43. The third-order valence-corrected chi connectivity index (χ3v) is 2.04. The predicted octanol–water partition coefficient (Wildman–Crippen LogP) is 2.42. The van der Waals surface area contributed by atoms with Gasteiger partial charge in [-0.2, -0.15) is 5.10 Å². The molecule has 80 valence electrons. The third kappa shape index (κ3) is 2.40. The molecule has 2 heterocycles. The van der Waals surface area contributed by atoms with E-state index in [1.165, 1.54) is 6.33 Å². The number of rotatable bonds is 2.